The lowest BCUT2D eigenvalue weighted by atomic mass is 9.71. The number of piperidine rings is 1. The van der Waals surface area contributed by atoms with Gasteiger partial charge in [0.25, 0.3) is 5.91 Å². The fourth-order valence-electron chi connectivity index (χ4n) is 4.87. The van der Waals surface area contributed by atoms with Crippen molar-refractivity contribution in [2.75, 3.05) is 37.7 Å². The molecule has 2 fully saturated rings. The number of nitriles is 1. The van der Waals surface area contributed by atoms with Crippen LogP contribution in [0.3, 0.4) is 0 Å². The van der Waals surface area contributed by atoms with E-state index in [1.54, 1.807) is 11.0 Å². The van der Waals surface area contributed by atoms with Crippen molar-refractivity contribution in [3.05, 3.63) is 53.6 Å². The first-order valence-electron chi connectivity index (χ1n) is 10.3. The first-order chi connectivity index (χ1) is 15.3. The van der Waals surface area contributed by atoms with Crippen LogP contribution in [0.4, 0.5) is 18.9 Å². The third-order valence-corrected chi connectivity index (χ3v) is 6.68. The monoisotopic (exact) mass is 445 g/mol. The van der Waals surface area contributed by atoms with Gasteiger partial charge in [0.2, 0.25) is 0 Å². The molecule has 10 heteroatoms. The third-order valence-electron chi connectivity index (χ3n) is 6.68. The van der Waals surface area contributed by atoms with E-state index < -0.39 is 17.3 Å². The minimum absolute atomic E-state index is 0.0653. The molecule has 4 rings (SSSR count). The Morgan fingerprint density at radius 2 is 1.94 bits per heavy atom. The number of hydrogen-bond donors (Lipinski definition) is 1. The molecule has 1 N–H and O–H groups in total. The number of halogens is 3. The van der Waals surface area contributed by atoms with E-state index >= 15 is 0 Å². The molecule has 32 heavy (non-hydrogen) atoms. The summed E-state index contributed by atoms with van der Waals surface area (Å²) in [6.07, 6.45) is 0.929. The van der Waals surface area contributed by atoms with Crippen molar-refractivity contribution in [1.82, 2.24) is 14.9 Å². The molecular formula is C22H22F3N5O2. The molecule has 1 spiro atoms. The average molecular weight is 445 g/mol. The highest BCUT2D eigenvalue weighted by atomic mass is 19.4. The molecule has 7 nitrogen and oxygen atoms in total. The molecule has 1 atom stereocenters. The lowest BCUT2D eigenvalue weighted by Crippen LogP contribution is -2.45. The van der Waals surface area contributed by atoms with Crippen molar-refractivity contribution in [2.45, 2.75) is 19.0 Å². The summed E-state index contributed by atoms with van der Waals surface area (Å²) in [5, 5.41) is 19.0. The number of carbonyl (C=O) groups is 1. The molecule has 0 saturated carbocycles. The third kappa shape index (κ3) is 4.00. The van der Waals surface area contributed by atoms with Crippen LogP contribution in [0.25, 0.3) is 0 Å². The molecule has 168 valence electrons. The number of aromatic nitrogens is 2. The van der Waals surface area contributed by atoms with Crippen LogP contribution in [-0.2, 0) is 6.18 Å². The van der Waals surface area contributed by atoms with Gasteiger partial charge in [-0.05, 0) is 36.5 Å². The summed E-state index contributed by atoms with van der Waals surface area (Å²) in [5.41, 5.74) is -0.829. The molecule has 1 amide bonds. The SMILES string of the molecule is N#Cc1ccc(N2CCC3(CC2)CN(C(=O)c2cncnc2)CC3CO)cc1C(F)(F)F. The maximum absolute atomic E-state index is 13.3. The number of hydrogen-bond acceptors (Lipinski definition) is 6. The highest BCUT2D eigenvalue weighted by Crippen LogP contribution is 2.46. The van der Waals surface area contributed by atoms with Gasteiger partial charge in [0.1, 0.15) is 6.33 Å². The fraction of sp³-hybridized carbons (Fsp3) is 0.455. The topological polar surface area (TPSA) is 93.4 Å². The highest BCUT2D eigenvalue weighted by molar-refractivity contribution is 5.93. The Morgan fingerprint density at radius 3 is 2.53 bits per heavy atom. The number of carbonyl (C=O) groups excluding carboxylic acids is 1. The lowest BCUT2D eigenvalue weighted by molar-refractivity contribution is -0.137. The maximum atomic E-state index is 13.3. The van der Waals surface area contributed by atoms with Crippen LogP contribution >= 0.6 is 0 Å². The summed E-state index contributed by atoms with van der Waals surface area (Å²) in [7, 11) is 0. The smallest absolute Gasteiger partial charge is 0.396 e. The molecule has 2 aliphatic heterocycles. The number of aliphatic hydroxyl groups excluding tert-OH is 1. The molecule has 2 saturated heterocycles. The van der Waals surface area contributed by atoms with Gasteiger partial charge in [-0.1, -0.05) is 0 Å². The van der Waals surface area contributed by atoms with Gasteiger partial charge in [0, 0.05) is 56.8 Å². The minimum atomic E-state index is -4.60. The molecule has 1 unspecified atom stereocenters. The molecule has 0 bridgehead atoms. The standard InChI is InChI=1S/C22H22F3N5O2/c23-22(24,25)19-7-18(2-1-15(19)8-26)29-5-3-21(4-6-29)13-30(11-17(21)12-31)20(32)16-9-27-14-28-10-16/h1-2,7,9-10,14,17,31H,3-6,11-13H2. The second kappa shape index (κ2) is 8.39. The molecule has 0 aliphatic carbocycles. The summed E-state index contributed by atoms with van der Waals surface area (Å²) in [5.74, 6) is -0.296. The van der Waals surface area contributed by atoms with E-state index in [-0.39, 0.29) is 23.8 Å². The Labute approximate surface area is 183 Å². The molecule has 3 heterocycles. The zero-order valence-electron chi connectivity index (χ0n) is 17.2. The second-order valence-corrected chi connectivity index (χ2v) is 8.38. The molecular weight excluding hydrogens is 423 g/mol. The lowest BCUT2D eigenvalue weighted by Gasteiger charge is -2.43. The van der Waals surface area contributed by atoms with Crippen molar-refractivity contribution < 1.29 is 23.1 Å². The van der Waals surface area contributed by atoms with Crippen LogP contribution in [0.1, 0.15) is 34.3 Å². The normalized spacial score (nSPS) is 20.4. The Kier molecular flexibility index (Phi) is 5.77. The van der Waals surface area contributed by atoms with E-state index in [1.165, 1.54) is 30.9 Å². The predicted molar refractivity (Wildman–Crippen MR) is 109 cm³/mol. The Balaban J connectivity index is 1.50. The number of rotatable bonds is 3. The van der Waals surface area contributed by atoms with Crippen LogP contribution in [-0.4, -0.2) is 58.7 Å². The highest BCUT2D eigenvalue weighted by Gasteiger charge is 2.49. The molecule has 0 radical (unpaired) electrons. The van der Waals surface area contributed by atoms with Gasteiger partial charge in [-0.3, -0.25) is 4.79 Å². The van der Waals surface area contributed by atoms with E-state index in [2.05, 4.69) is 9.97 Å². The number of likely N-dealkylation sites (tertiary alicyclic amines) is 1. The van der Waals surface area contributed by atoms with E-state index in [0.717, 1.165) is 6.07 Å². The summed E-state index contributed by atoms with van der Waals surface area (Å²) in [4.78, 5) is 24.2. The molecule has 1 aromatic carbocycles. The van der Waals surface area contributed by atoms with Crippen molar-refractivity contribution in [3.63, 3.8) is 0 Å². The summed E-state index contributed by atoms with van der Waals surface area (Å²) < 4.78 is 40.0. The number of benzene rings is 1. The Hall–Kier alpha value is -3.19. The quantitative estimate of drug-likeness (QED) is 0.781. The second-order valence-electron chi connectivity index (χ2n) is 8.38. The maximum Gasteiger partial charge on any atom is 0.417 e. The first kappa shape index (κ1) is 22.0. The van der Waals surface area contributed by atoms with Gasteiger partial charge in [-0.25, -0.2) is 9.97 Å². The van der Waals surface area contributed by atoms with Gasteiger partial charge < -0.3 is 14.9 Å². The number of aliphatic hydroxyl groups is 1. The fourth-order valence-corrected chi connectivity index (χ4v) is 4.87. The van der Waals surface area contributed by atoms with Crippen molar-refractivity contribution in [2.24, 2.45) is 11.3 Å². The van der Waals surface area contributed by atoms with Gasteiger partial charge in [-0.2, -0.15) is 18.4 Å². The predicted octanol–water partition coefficient (Wildman–Crippen LogP) is 2.72. The van der Waals surface area contributed by atoms with Gasteiger partial charge in [0.05, 0.1) is 22.8 Å². The van der Waals surface area contributed by atoms with Crippen LogP contribution in [0, 0.1) is 22.7 Å². The Bertz CT molecular complexity index is 1030. The van der Waals surface area contributed by atoms with Crippen molar-refractivity contribution in [3.8, 4) is 6.07 Å². The van der Waals surface area contributed by atoms with Crippen LogP contribution < -0.4 is 4.90 Å². The number of alkyl halides is 3. The molecule has 2 aliphatic rings. The zero-order valence-corrected chi connectivity index (χ0v) is 17.2. The summed E-state index contributed by atoms with van der Waals surface area (Å²) in [6.45, 7) is 1.82. The number of amides is 1. The van der Waals surface area contributed by atoms with E-state index in [1.807, 2.05) is 4.90 Å². The van der Waals surface area contributed by atoms with E-state index in [0.29, 0.717) is 50.3 Å². The average Bonchev–Trinajstić information content (AvgIpc) is 3.16. The number of anilines is 1. The van der Waals surface area contributed by atoms with Crippen LogP contribution in [0.2, 0.25) is 0 Å². The van der Waals surface area contributed by atoms with E-state index in [9.17, 15) is 23.1 Å². The molecule has 2 aromatic rings. The van der Waals surface area contributed by atoms with Gasteiger partial charge in [-0.15, -0.1) is 0 Å². The van der Waals surface area contributed by atoms with Gasteiger partial charge >= 0.3 is 6.18 Å². The largest absolute Gasteiger partial charge is 0.417 e. The molecule has 1 aromatic heterocycles. The van der Waals surface area contributed by atoms with Gasteiger partial charge in [0.15, 0.2) is 0 Å². The zero-order chi connectivity index (χ0) is 22.9. The minimum Gasteiger partial charge on any atom is -0.396 e. The van der Waals surface area contributed by atoms with Crippen molar-refractivity contribution >= 4 is 11.6 Å². The van der Waals surface area contributed by atoms with E-state index in [4.69, 9.17) is 5.26 Å². The van der Waals surface area contributed by atoms with Crippen LogP contribution in [0.15, 0.2) is 36.9 Å². The summed E-state index contributed by atoms with van der Waals surface area (Å²) >= 11 is 0. The summed E-state index contributed by atoms with van der Waals surface area (Å²) in [6, 6.07) is 5.37. The Morgan fingerprint density at radius 1 is 1.25 bits per heavy atom. The number of nitrogens with zero attached hydrogens (tertiary/aromatic N) is 5. The van der Waals surface area contributed by atoms with Crippen LogP contribution in [0.5, 0.6) is 0 Å². The van der Waals surface area contributed by atoms with Crippen molar-refractivity contribution in [1.29, 1.82) is 5.26 Å². The first-order valence-corrected chi connectivity index (χ1v) is 10.3.